The van der Waals surface area contributed by atoms with Crippen LogP contribution in [0.2, 0.25) is 0 Å². The first-order valence-corrected chi connectivity index (χ1v) is 5.28. The summed E-state index contributed by atoms with van der Waals surface area (Å²) in [6.07, 6.45) is 0.365. The molecule has 1 atom stereocenters. The standard InChI is InChI=1S/C10H21N3O2/c1-4-12-8(14)5-6-13-9(7(2)3)10(11)15/h7,9,13H,4-6H2,1-3H3,(H2,11,15)(H,12,14). The maximum absolute atomic E-state index is 11.1. The number of carbonyl (C=O) groups is 2. The Balaban J connectivity index is 3.81. The fraction of sp³-hybridized carbons (Fsp3) is 0.800. The fourth-order valence-electron chi connectivity index (χ4n) is 1.29. The molecule has 4 N–H and O–H groups in total. The second kappa shape index (κ2) is 7.23. The van der Waals surface area contributed by atoms with E-state index in [0.29, 0.717) is 19.5 Å². The van der Waals surface area contributed by atoms with Gasteiger partial charge in [-0.3, -0.25) is 9.59 Å². The van der Waals surface area contributed by atoms with Crippen LogP contribution in [0.15, 0.2) is 0 Å². The third-order valence-corrected chi connectivity index (χ3v) is 2.06. The van der Waals surface area contributed by atoms with E-state index in [1.165, 1.54) is 0 Å². The Morgan fingerprint density at radius 3 is 2.33 bits per heavy atom. The summed E-state index contributed by atoms with van der Waals surface area (Å²) in [5.41, 5.74) is 5.21. The van der Waals surface area contributed by atoms with E-state index in [-0.39, 0.29) is 23.8 Å². The van der Waals surface area contributed by atoms with Crippen molar-refractivity contribution in [3.05, 3.63) is 0 Å². The molecule has 0 spiro atoms. The molecular weight excluding hydrogens is 194 g/mol. The summed E-state index contributed by atoms with van der Waals surface area (Å²) in [6.45, 7) is 6.79. The zero-order valence-corrected chi connectivity index (χ0v) is 9.67. The van der Waals surface area contributed by atoms with Crippen molar-refractivity contribution in [2.75, 3.05) is 13.1 Å². The van der Waals surface area contributed by atoms with E-state index in [2.05, 4.69) is 10.6 Å². The molecule has 0 saturated carbocycles. The predicted molar refractivity (Wildman–Crippen MR) is 59.1 cm³/mol. The van der Waals surface area contributed by atoms with Gasteiger partial charge in [-0.25, -0.2) is 0 Å². The number of nitrogens with two attached hydrogens (primary N) is 1. The van der Waals surface area contributed by atoms with Crippen LogP contribution in [0.3, 0.4) is 0 Å². The molecule has 0 aliphatic heterocycles. The number of amides is 2. The van der Waals surface area contributed by atoms with Crippen LogP contribution < -0.4 is 16.4 Å². The molecule has 15 heavy (non-hydrogen) atoms. The fourth-order valence-corrected chi connectivity index (χ4v) is 1.29. The lowest BCUT2D eigenvalue weighted by atomic mass is 10.0. The second-order valence-electron chi connectivity index (χ2n) is 3.78. The van der Waals surface area contributed by atoms with Crippen LogP contribution in [-0.4, -0.2) is 30.9 Å². The smallest absolute Gasteiger partial charge is 0.234 e. The highest BCUT2D eigenvalue weighted by atomic mass is 16.2. The van der Waals surface area contributed by atoms with E-state index >= 15 is 0 Å². The van der Waals surface area contributed by atoms with Crippen molar-refractivity contribution in [3.63, 3.8) is 0 Å². The molecule has 0 aromatic carbocycles. The number of rotatable bonds is 7. The van der Waals surface area contributed by atoms with Gasteiger partial charge in [-0.15, -0.1) is 0 Å². The van der Waals surface area contributed by atoms with E-state index in [9.17, 15) is 9.59 Å². The van der Waals surface area contributed by atoms with Gasteiger partial charge in [-0.1, -0.05) is 13.8 Å². The number of hydrogen-bond acceptors (Lipinski definition) is 3. The topological polar surface area (TPSA) is 84.2 Å². The van der Waals surface area contributed by atoms with Crippen molar-refractivity contribution in [1.29, 1.82) is 0 Å². The van der Waals surface area contributed by atoms with E-state index in [1.54, 1.807) is 0 Å². The molecule has 88 valence electrons. The maximum atomic E-state index is 11.1. The van der Waals surface area contributed by atoms with E-state index < -0.39 is 0 Å². The van der Waals surface area contributed by atoms with Crippen molar-refractivity contribution in [3.8, 4) is 0 Å². The summed E-state index contributed by atoms with van der Waals surface area (Å²) in [6, 6.07) is -0.362. The molecule has 0 aromatic rings. The largest absolute Gasteiger partial charge is 0.368 e. The maximum Gasteiger partial charge on any atom is 0.234 e. The Morgan fingerprint density at radius 2 is 1.93 bits per heavy atom. The summed E-state index contributed by atoms with van der Waals surface area (Å²) in [7, 11) is 0. The normalized spacial score (nSPS) is 12.5. The van der Waals surface area contributed by atoms with Crippen LogP contribution in [0, 0.1) is 5.92 Å². The van der Waals surface area contributed by atoms with Gasteiger partial charge in [0.15, 0.2) is 0 Å². The van der Waals surface area contributed by atoms with Gasteiger partial charge >= 0.3 is 0 Å². The quantitative estimate of drug-likeness (QED) is 0.541. The number of primary amides is 1. The van der Waals surface area contributed by atoms with Gasteiger partial charge in [0.25, 0.3) is 0 Å². The molecule has 0 aliphatic carbocycles. The summed E-state index contributed by atoms with van der Waals surface area (Å²) in [4.78, 5) is 22.1. The van der Waals surface area contributed by atoms with Crippen molar-refractivity contribution in [2.45, 2.75) is 33.2 Å². The zero-order chi connectivity index (χ0) is 11.8. The van der Waals surface area contributed by atoms with Gasteiger partial charge in [0.2, 0.25) is 11.8 Å². The van der Waals surface area contributed by atoms with Crippen LogP contribution in [0.1, 0.15) is 27.2 Å². The second-order valence-corrected chi connectivity index (χ2v) is 3.78. The van der Waals surface area contributed by atoms with Gasteiger partial charge in [0, 0.05) is 19.5 Å². The van der Waals surface area contributed by atoms with Crippen molar-refractivity contribution >= 4 is 11.8 Å². The summed E-state index contributed by atoms with van der Waals surface area (Å²) in [5.74, 6) is -0.255. The molecule has 0 saturated heterocycles. The minimum atomic E-state index is -0.374. The van der Waals surface area contributed by atoms with E-state index in [1.807, 2.05) is 20.8 Å². The van der Waals surface area contributed by atoms with Crippen LogP contribution in [-0.2, 0) is 9.59 Å². The van der Waals surface area contributed by atoms with Crippen LogP contribution in [0.5, 0.6) is 0 Å². The highest BCUT2D eigenvalue weighted by Gasteiger charge is 2.18. The third kappa shape index (κ3) is 6.06. The zero-order valence-electron chi connectivity index (χ0n) is 9.67. The molecule has 0 rings (SSSR count). The third-order valence-electron chi connectivity index (χ3n) is 2.06. The Hall–Kier alpha value is -1.10. The molecule has 2 amide bonds. The first-order chi connectivity index (χ1) is 6.99. The van der Waals surface area contributed by atoms with E-state index in [0.717, 1.165) is 0 Å². The highest BCUT2D eigenvalue weighted by Crippen LogP contribution is 2.00. The summed E-state index contributed by atoms with van der Waals surface area (Å²) >= 11 is 0. The molecule has 5 nitrogen and oxygen atoms in total. The van der Waals surface area contributed by atoms with Crippen LogP contribution >= 0.6 is 0 Å². The molecule has 0 radical (unpaired) electrons. The molecule has 1 unspecified atom stereocenters. The van der Waals surface area contributed by atoms with E-state index in [4.69, 9.17) is 5.73 Å². The first kappa shape index (κ1) is 13.9. The summed E-state index contributed by atoms with van der Waals surface area (Å²) in [5, 5.41) is 5.66. The van der Waals surface area contributed by atoms with Crippen molar-refractivity contribution < 1.29 is 9.59 Å². The van der Waals surface area contributed by atoms with Crippen molar-refractivity contribution in [2.24, 2.45) is 11.7 Å². The molecule has 0 heterocycles. The SMILES string of the molecule is CCNC(=O)CCNC(C(N)=O)C(C)C. The molecule has 0 aromatic heterocycles. The van der Waals surface area contributed by atoms with Gasteiger partial charge in [0.1, 0.15) is 0 Å². The average molecular weight is 215 g/mol. The predicted octanol–water partition coefficient (Wildman–Crippen LogP) is -0.388. The Morgan fingerprint density at radius 1 is 1.33 bits per heavy atom. The van der Waals surface area contributed by atoms with Gasteiger partial charge in [0.05, 0.1) is 6.04 Å². The summed E-state index contributed by atoms with van der Waals surface area (Å²) < 4.78 is 0. The van der Waals surface area contributed by atoms with Gasteiger partial charge in [-0.05, 0) is 12.8 Å². The van der Waals surface area contributed by atoms with Crippen LogP contribution in [0.4, 0.5) is 0 Å². The van der Waals surface area contributed by atoms with Gasteiger partial charge < -0.3 is 16.4 Å². The van der Waals surface area contributed by atoms with Gasteiger partial charge in [-0.2, -0.15) is 0 Å². The van der Waals surface area contributed by atoms with Crippen LogP contribution in [0.25, 0.3) is 0 Å². The van der Waals surface area contributed by atoms with Crippen molar-refractivity contribution in [1.82, 2.24) is 10.6 Å². The highest BCUT2D eigenvalue weighted by molar-refractivity contribution is 5.80. The Labute approximate surface area is 90.8 Å². The molecule has 0 aliphatic rings. The Bertz CT molecular complexity index is 217. The lowest BCUT2D eigenvalue weighted by molar-refractivity contribution is -0.123. The lowest BCUT2D eigenvalue weighted by Crippen LogP contribution is -2.46. The molecule has 0 bridgehead atoms. The average Bonchev–Trinajstić information content (AvgIpc) is 2.11. The molecule has 5 heteroatoms. The number of nitrogens with one attached hydrogen (secondary N) is 2. The number of carbonyl (C=O) groups excluding carboxylic acids is 2. The first-order valence-electron chi connectivity index (χ1n) is 5.28. The lowest BCUT2D eigenvalue weighted by Gasteiger charge is -2.18. The molecule has 0 fully saturated rings. The molecular formula is C10H21N3O2. The monoisotopic (exact) mass is 215 g/mol. The minimum absolute atomic E-state index is 0.0167. The minimum Gasteiger partial charge on any atom is -0.368 e. The Kier molecular flexibility index (Phi) is 6.70. The number of hydrogen-bond donors (Lipinski definition) is 3.